The van der Waals surface area contributed by atoms with Crippen LogP contribution in [0.15, 0.2) is 12.7 Å². The molecule has 0 aliphatic carbocycles. The first-order chi connectivity index (χ1) is 6.40. The van der Waals surface area contributed by atoms with Gasteiger partial charge in [-0.2, -0.15) is 0 Å². The summed E-state index contributed by atoms with van der Waals surface area (Å²) in [7, 11) is 0. The van der Waals surface area contributed by atoms with E-state index in [0.29, 0.717) is 6.08 Å². The number of hydrogen-bond acceptors (Lipinski definition) is 6. The Bertz CT molecular complexity index is 269. The lowest BCUT2D eigenvalue weighted by atomic mass is 10.2. The third kappa shape index (κ3) is 3.33. The number of carboxylic acids is 1. The van der Waals surface area contributed by atoms with Crippen molar-refractivity contribution < 1.29 is 34.4 Å². The first-order valence-corrected chi connectivity index (χ1v) is 3.37. The average molecular weight is 204 g/mol. The van der Waals surface area contributed by atoms with Crippen molar-refractivity contribution in [1.29, 1.82) is 0 Å². The fraction of sp³-hybridized carbons (Fsp3) is 0.286. The standard InChI is InChI=1S/C7H8O7/c1-2-3(8)14-7(13)5(10)4(9)6(11)12/h2,4-5,9-10H,1H2,(H,11,12). The summed E-state index contributed by atoms with van der Waals surface area (Å²) in [5, 5.41) is 25.6. The van der Waals surface area contributed by atoms with Crippen LogP contribution < -0.4 is 0 Å². The Balaban J connectivity index is 4.32. The topological polar surface area (TPSA) is 121 Å². The van der Waals surface area contributed by atoms with E-state index in [1.807, 2.05) is 0 Å². The molecule has 14 heavy (non-hydrogen) atoms. The highest BCUT2D eigenvalue weighted by Gasteiger charge is 2.32. The summed E-state index contributed by atoms with van der Waals surface area (Å²) in [5.41, 5.74) is 0. The molecule has 0 spiro atoms. The smallest absolute Gasteiger partial charge is 0.346 e. The highest BCUT2D eigenvalue weighted by Crippen LogP contribution is 1.97. The van der Waals surface area contributed by atoms with Gasteiger partial charge in [-0.3, -0.25) is 0 Å². The Labute approximate surface area is 78.2 Å². The fourth-order valence-corrected chi connectivity index (χ4v) is 0.465. The number of esters is 2. The second kappa shape index (κ2) is 5.10. The molecule has 0 aromatic carbocycles. The summed E-state index contributed by atoms with van der Waals surface area (Å²) in [4.78, 5) is 31.2. The average Bonchev–Trinajstić information content (AvgIpc) is 2.14. The molecule has 7 heteroatoms. The van der Waals surface area contributed by atoms with Gasteiger partial charge >= 0.3 is 17.9 Å². The Hall–Kier alpha value is -1.73. The fourth-order valence-electron chi connectivity index (χ4n) is 0.465. The van der Waals surface area contributed by atoms with Gasteiger partial charge in [0.15, 0.2) is 12.2 Å². The van der Waals surface area contributed by atoms with Crippen LogP contribution in [0.5, 0.6) is 0 Å². The predicted octanol–water partition coefficient (Wildman–Crippen LogP) is -1.95. The quantitative estimate of drug-likeness (QED) is 0.276. The van der Waals surface area contributed by atoms with Crippen LogP contribution in [0.25, 0.3) is 0 Å². The summed E-state index contributed by atoms with van der Waals surface area (Å²) in [6, 6.07) is 0. The lowest BCUT2D eigenvalue weighted by Crippen LogP contribution is -2.41. The number of carbonyl (C=O) groups excluding carboxylic acids is 2. The number of rotatable bonds is 4. The van der Waals surface area contributed by atoms with Gasteiger partial charge in [-0.1, -0.05) is 6.58 Å². The minimum Gasteiger partial charge on any atom is -0.479 e. The van der Waals surface area contributed by atoms with E-state index >= 15 is 0 Å². The van der Waals surface area contributed by atoms with Gasteiger partial charge in [-0.05, 0) is 0 Å². The van der Waals surface area contributed by atoms with Gasteiger partial charge in [0, 0.05) is 6.08 Å². The van der Waals surface area contributed by atoms with Crippen LogP contribution in [-0.4, -0.2) is 45.4 Å². The van der Waals surface area contributed by atoms with Crippen molar-refractivity contribution >= 4 is 17.9 Å². The Kier molecular flexibility index (Phi) is 4.47. The highest BCUT2D eigenvalue weighted by molar-refractivity contribution is 5.95. The minimum atomic E-state index is -2.33. The van der Waals surface area contributed by atoms with Crippen LogP contribution in [0.4, 0.5) is 0 Å². The van der Waals surface area contributed by atoms with Gasteiger partial charge in [-0.25, -0.2) is 14.4 Å². The van der Waals surface area contributed by atoms with Crippen LogP contribution >= 0.6 is 0 Å². The van der Waals surface area contributed by atoms with Crippen molar-refractivity contribution in [3.05, 3.63) is 12.7 Å². The molecule has 2 atom stereocenters. The van der Waals surface area contributed by atoms with Crippen LogP contribution in [0.3, 0.4) is 0 Å². The Morgan fingerprint density at radius 1 is 1.21 bits per heavy atom. The third-order valence-corrected chi connectivity index (χ3v) is 1.16. The van der Waals surface area contributed by atoms with E-state index in [9.17, 15) is 14.4 Å². The molecule has 0 aliphatic heterocycles. The molecule has 0 fully saturated rings. The molecular weight excluding hydrogens is 196 g/mol. The molecule has 3 N–H and O–H groups in total. The van der Waals surface area contributed by atoms with E-state index in [0.717, 1.165) is 0 Å². The van der Waals surface area contributed by atoms with E-state index < -0.39 is 30.1 Å². The predicted molar refractivity (Wildman–Crippen MR) is 40.9 cm³/mol. The summed E-state index contributed by atoms with van der Waals surface area (Å²) in [6.07, 6.45) is -3.99. The largest absolute Gasteiger partial charge is 0.479 e. The molecule has 0 heterocycles. The third-order valence-electron chi connectivity index (χ3n) is 1.16. The number of ether oxygens (including phenoxy) is 1. The molecule has 0 aliphatic rings. The zero-order chi connectivity index (χ0) is 11.3. The first kappa shape index (κ1) is 12.3. The zero-order valence-corrected chi connectivity index (χ0v) is 6.91. The molecule has 78 valence electrons. The maximum absolute atomic E-state index is 10.7. The van der Waals surface area contributed by atoms with E-state index in [2.05, 4.69) is 11.3 Å². The molecule has 7 nitrogen and oxygen atoms in total. The lowest BCUT2D eigenvalue weighted by molar-refractivity contribution is -0.173. The lowest BCUT2D eigenvalue weighted by Gasteiger charge is -2.10. The molecule has 0 saturated heterocycles. The minimum absolute atomic E-state index is 0.651. The molecule has 2 unspecified atom stereocenters. The summed E-state index contributed by atoms with van der Waals surface area (Å²) >= 11 is 0. The molecule has 0 amide bonds. The van der Waals surface area contributed by atoms with E-state index in [4.69, 9.17) is 15.3 Å². The van der Waals surface area contributed by atoms with Crippen molar-refractivity contribution in [2.24, 2.45) is 0 Å². The second-order valence-electron chi connectivity index (χ2n) is 2.17. The molecule has 0 aromatic heterocycles. The molecular formula is C7H8O7. The SMILES string of the molecule is C=CC(=O)OC(=O)C(O)C(O)C(=O)O. The van der Waals surface area contributed by atoms with Crippen LogP contribution in [0.2, 0.25) is 0 Å². The maximum atomic E-state index is 10.7. The number of aliphatic hydroxyl groups is 2. The Morgan fingerprint density at radius 2 is 1.71 bits per heavy atom. The summed E-state index contributed by atoms with van der Waals surface area (Å²) in [5.74, 6) is -4.50. The summed E-state index contributed by atoms with van der Waals surface area (Å²) in [6.45, 7) is 2.97. The summed E-state index contributed by atoms with van der Waals surface area (Å²) < 4.78 is 3.86. The molecule has 0 rings (SSSR count). The van der Waals surface area contributed by atoms with Crippen LogP contribution in [-0.2, 0) is 19.1 Å². The van der Waals surface area contributed by atoms with E-state index in [1.54, 1.807) is 0 Å². The number of aliphatic carboxylic acids is 1. The van der Waals surface area contributed by atoms with E-state index in [-0.39, 0.29) is 0 Å². The van der Waals surface area contributed by atoms with Gasteiger partial charge in [0.05, 0.1) is 0 Å². The van der Waals surface area contributed by atoms with Crippen molar-refractivity contribution in [1.82, 2.24) is 0 Å². The van der Waals surface area contributed by atoms with Gasteiger partial charge in [0.2, 0.25) is 0 Å². The first-order valence-electron chi connectivity index (χ1n) is 3.37. The van der Waals surface area contributed by atoms with Crippen molar-refractivity contribution in [3.63, 3.8) is 0 Å². The van der Waals surface area contributed by atoms with Gasteiger partial charge in [0.1, 0.15) is 0 Å². The van der Waals surface area contributed by atoms with Crippen molar-refractivity contribution in [3.8, 4) is 0 Å². The van der Waals surface area contributed by atoms with Gasteiger partial charge in [0.25, 0.3) is 0 Å². The van der Waals surface area contributed by atoms with Gasteiger partial charge in [-0.15, -0.1) is 0 Å². The molecule has 0 bridgehead atoms. The van der Waals surface area contributed by atoms with Crippen molar-refractivity contribution in [2.75, 3.05) is 0 Å². The number of aliphatic hydroxyl groups excluding tert-OH is 2. The molecule has 0 aromatic rings. The van der Waals surface area contributed by atoms with Crippen molar-refractivity contribution in [2.45, 2.75) is 12.2 Å². The number of carbonyl (C=O) groups is 3. The second-order valence-corrected chi connectivity index (χ2v) is 2.17. The van der Waals surface area contributed by atoms with Crippen LogP contribution in [0, 0.1) is 0 Å². The number of hydrogen-bond donors (Lipinski definition) is 3. The van der Waals surface area contributed by atoms with E-state index in [1.165, 1.54) is 0 Å². The normalized spacial score (nSPS) is 13.9. The molecule has 0 saturated carbocycles. The van der Waals surface area contributed by atoms with Crippen LogP contribution in [0.1, 0.15) is 0 Å². The zero-order valence-electron chi connectivity index (χ0n) is 6.91. The Morgan fingerprint density at radius 3 is 2.07 bits per heavy atom. The maximum Gasteiger partial charge on any atom is 0.346 e. The highest BCUT2D eigenvalue weighted by atomic mass is 16.6. The van der Waals surface area contributed by atoms with Gasteiger partial charge < -0.3 is 20.1 Å². The number of carboxylic acid groups (broad SMARTS) is 1. The monoisotopic (exact) mass is 204 g/mol. The molecule has 0 radical (unpaired) electrons.